The van der Waals surface area contributed by atoms with E-state index in [0.717, 1.165) is 0 Å². The molecule has 1 rings (SSSR count). The smallest absolute Gasteiger partial charge is 0.270 e. The van der Waals surface area contributed by atoms with Gasteiger partial charge in [0.05, 0.1) is 0 Å². The summed E-state index contributed by atoms with van der Waals surface area (Å²) in [6.07, 6.45) is 3.60. The Kier molecular flexibility index (Phi) is 2.21. The molecule has 1 N–H and O–H groups in total. The van der Waals surface area contributed by atoms with Crippen molar-refractivity contribution >= 4 is 5.91 Å². The SMILES string of the molecule is CC(=O)N[n+]1ccc(C)cc1. The van der Waals surface area contributed by atoms with Crippen LogP contribution in [0.2, 0.25) is 0 Å². The normalized spacial score (nSPS) is 9.27. The molecule has 0 aliphatic rings. The monoisotopic (exact) mass is 151 g/mol. The fourth-order valence-corrected chi connectivity index (χ4v) is 0.757. The minimum atomic E-state index is -0.0705. The summed E-state index contributed by atoms with van der Waals surface area (Å²) in [6.45, 7) is 3.48. The van der Waals surface area contributed by atoms with Gasteiger partial charge in [-0.1, -0.05) is 4.68 Å². The number of aryl methyl sites for hydroxylation is 1. The second-order valence-electron chi connectivity index (χ2n) is 2.45. The van der Waals surface area contributed by atoms with Gasteiger partial charge in [0.2, 0.25) is 0 Å². The van der Waals surface area contributed by atoms with E-state index in [4.69, 9.17) is 0 Å². The van der Waals surface area contributed by atoms with Crippen molar-refractivity contribution in [1.82, 2.24) is 0 Å². The Hall–Kier alpha value is -1.38. The average molecular weight is 151 g/mol. The van der Waals surface area contributed by atoms with E-state index in [1.807, 2.05) is 19.1 Å². The van der Waals surface area contributed by atoms with Crippen molar-refractivity contribution in [2.24, 2.45) is 0 Å². The highest BCUT2D eigenvalue weighted by Gasteiger charge is 1.99. The first-order valence-electron chi connectivity index (χ1n) is 3.44. The Balaban J connectivity index is 2.74. The third kappa shape index (κ3) is 2.37. The molecule has 11 heavy (non-hydrogen) atoms. The molecular weight excluding hydrogens is 140 g/mol. The average Bonchev–Trinajstić information content (AvgIpc) is 1.93. The largest absolute Gasteiger partial charge is 0.271 e. The van der Waals surface area contributed by atoms with E-state index in [0.29, 0.717) is 0 Å². The topological polar surface area (TPSA) is 33.0 Å². The lowest BCUT2D eigenvalue weighted by Crippen LogP contribution is -2.46. The molecule has 1 heterocycles. The third-order valence-corrected chi connectivity index (χ3v) is 1.28. The molecule has 0 saturated heterocycles. The van der Waals surface area contributed by atoms with Crippen LogP contribution < -0.4 is 10.1 Å². The predicted molar refractivity (Wildman–Crippen MR) is 41.4 cm³/mol. The zero-order valence-corrected chi connectivity index (χ0v) is 6.66. The standard InChI is InChI=1S/C8H10N2O/c1-7-3-5-10(6-4-7)9-8(2)11/h3-6H,1-2H3/p+1. The van der Waals surface area contributed by atoms with Crippen molar-refractivity contribution < 1.29 is 9.47 Å². The molecule has 3 nitrogen and oxygen atoms in total. The van der Waals surface area contributed by atoms with Gasteiger partial charge in [-0.3, -0.25) is 4.79 Å². The van der Waals surface area contributed by atoms with Crippen molar-refractivity contribution in [3.63, 3.8) is 0 Å². The number of nitrogens with one attached hydrogen (secondary N) is 1. The maximum absolute atomic E-state index is 10.6. The molecule has 3 heteroatoms. The molecule has 58 valence electrons. The van der Waals surface area contributed by atoms with E-state index in [-0.39, 0.29) is 5.91 Å². The summed E-state index contributed by atoms with van der Waals surface area (Å²) in [5, 5.41) is 0. The van der Waals surface area contributed by atoms with Crippen molar-refractivity contribution in [2.75, 3.05) is 5.43 Å². The van der Waals surface area contributed by atoms with Gasteiger partial charge in [0.1, 0.15) is 0 Å². The van der Waals surface area contributed by atoms with Gasteiger partial charge in [0.15, 0.2) is 12.4 Å². The Morgan fingerprint density at radius 1 is 1.45 bits per heavy atom. The first kappa shape index (κ1) is 7.72. The Morgan fingerprint density at radius 2 is 2.00 bits per heavy atom. The van der Waals surface area contributed by atoms with Gasteiger partial charge in [-0.05, 0) is 12.5 Å². The van der Waals surface area contributed by atoms with Crippen LogP contribution in [0.1, 0.15) is 12.5 Å². The maximum atomic E-state index is 10.6. The summed E-state index contributed by atoms with van der Waals surface area (Å²) < 4.78 is 1.62. The molecule has 1 amide bonds. The van der Waals surface area contributed by atoms with Crippen LogP contribution in [-0.2, 0) is 4.79 Å². The van der Waals surface area contributed by atoms with E-state index in [1.165, 1.54) is 12.5 Å². The molecule has 0 fully saturated rings. The molecule has 0 aliphatic carbocycles. The van der Waals surface area contributed by atoms with Gasteiger partial charge in [-0.15, -0.1) is 5.43 Å². The van der Waals surface area contributed by atoms with E-state index in [1.54, 1.807) is 17.1 Å². The van der Waals surface area contributed by atoms with E-state index < -0.39 is 0 Å². The summed E-state index contributed by atoms with van der Waals surface area (Å²) in [4.78, 5) is 10.6. The maximum Gasteiger partial charge on any atom is 0.271 e. The Bertz CT molecular complexity index is 253. The summed E-state index contributed by atoms with van der Waals surface area (Å²) in [5.74, 6) is -0.0705. The quantitative estimate of drug-likeness (QED) is 0.578. The number of carbonyl (C=O) groups excluding carboxylic acids is 1. The van der Waals surface area contributed by atoms with Gasteiger partial charge >= 0.3 is 0 Å². The molecule has 0 atom stereocenters. The lowest BCUT2D eigenvalue weighted by atomic mass is 10.3. The number of amides is 1. The fourth-order valence-electron chi connectivity index (χ4n) is 0.757. The third-order valence-electron chi connectivity index (χ3n) is 1.28. The number of nitrogens with zero attached hydrogens (tertiary/aromatic N) is 1. The van der Waals surface area contributed by atoms with Crippen LogP contribution in [0.5, 0.6) is 0 Å². The van der Waals surface area contributed by atoms with Crippen molar-refractivity contribution in [3.8, 4) is 0 Å². The lowest BCUT2D eigenvalue weighted by molar-refractivity contribution is -0.642. The van der Waals surface area contributed by atoms with E-state index in [2.05, 4.69) is 5.43 Å². The second-order valence-corrected chi connectivity index (χ2v) is 2.45. The number of hydrogen-bond acceptors (Lipinski definition) is 1. The van der Waals surface area contributed by atoms with Gasteiger partial charge in [-0.25, -0.2) is 0 Å². The first-order valence-corrected chi connectivity index (χ1v) is 3.44. The number of carbonyl (C=O) groups is 1. The highest BCUT2D eigenvalue weighted by Crippen LogP contribution is 1.88. The second kappa shape index (κ2) is 3.14. The van der Waals surface area contributed by atoms with Gasteiger partial charge in [0, 0.05) is 19.1 Å². The zero-order valence-electron chi connectivity index (χ0n) is 6.66. The van der Waals surface area contributed by atoms with Crippen molar-refractivity contribution in [3.05, 3.63) is 30.1 Å². The zero-order chi connectivity index (χ0) is 8.27. The molecule has 1 aromatic heterocycles. The lowest BCUT2D eigenvalue weighted by Gasteiger charge is -1.93. The summed E-state index contributed by atoms with van der Waals surface area (Å²) in [5.41, 5.74) is 3.78. The van der Waals surface area contributed by atoms with Crippen LogP contribution >= 0.6 is 0 Å². The number of hydrogen-bond donors (Lipinski definition) is 1. The fraction of sp³-hybridized carbons (Fsp3) is 0.250. The van der Waals surface area contributed by atoms with Crippen LogP contribution in [0.25, 0.3) is 0 Å². The number of rotatable bonds is 1. The van der Waals surface area contributed by atoms with Gasteiger partial charge in [0.25, 0.3) is 5.91 Å². The highest BCUT2D eigenvalue weighted by molar-refractivity contribution is 5.79. The molecule has 0 aliphatic heterocycles. The van der Waals surface area contributed by atoms with Crippen molar-refractivity contribution in [2.45, 2.75) is 13.8 Å². The van der Waals surface area contributed by atoms with E-state index >= 15 is 0 Å². The minimum absolute atomic E-state index is 0.0705. The summed E-state index contributed by atoms with van der Waals surface area (Å²) in [7, 11) is 0. The first-order chi connectivity index (χ1) is 5.18. The molecule has 1 aromatic rings. The van der Waals surface area contributed by atoms with E-state index in [9.17, 15) is 4.79 Å². The van der Waals surface area contributed by atoms with Crippen LogP contribution in [0.15, 0.2) is 24.5 Å². The van der Waals surface area contributed by atoms with Gasteiger partial charge < -0.3 is 0 Å². The Morgan fingerprint density at radius 3 is 2.45 bits per heavy atom. The molecule has 0 radical (unpaired) electrons. The number of aromatic nitrogens is 1. The van der Waals surface area contributed by atoms with Crippen LogP contribution in [0.3, 0.4) is 0 Å². The van der Waals surface area contributed by atoms with Crippen LogP contribution in [0, 0.1) is 6.92 Å². The predicted octanol–water partition coefficient (Wildman–Crippen LogP) is 0.373. The molecule has 0 bridgehead atoms. The molecular formula is C8H11N2O+. The van der Waals surface area contributed by atoms with Crippen LogP contribution in [-0.4, -0.2) is 5.91 Å². The molecule has 0 aromatic carbocycles. The molecule has 0 unspecified atom stereocenters. The number of pyridine rings is 1. The van der Waals surface area contributed by atoms with Gasteiger partial charge in [-0.2, -0.15) is 0 Å². The molecule has 0 saturated carbocycles. The van der Waals surface area contributed by atoms with Crippen LogP contribution in [0.4, 0.5) is 0 Å². The summed E-state index contributed by atoms with van der Waals surface area (Å²) in [6, 6.07) is 3.85. The minimum Gasteiger partial charge on any atom is -0.270 e. The highest BCUT2D eigenvalue weighted by atomic mass is 16.2. The van der Waals surface area contributed by atoms with Crippen molar-refractivity contribution in [1.29, 1.82) is 0 Å². The molecule has 0 spiro atoms. The Labute approximate surface area is 65.6 Å². The summed E-state index contributed by atoms with van der Waals surface area (Å²) >= 11 is 0.